The van der Waals surface area contributed by atoms with Crippen molar-refractivity contribution in [1.29, 1.82) is 0 Å². The normalized spacial score (nSPS) is 9.44. The number of rotatable bonds is 3. The summed E-state index contributed by atoms with van der Waals surface area (Å²) < 4.78 is 13.4. The van der Waals surface area contributed by atoms with Crippen LogP contribution in [-0.2, 0) is 14.2 Å². The molecule has 0 aliphatic carbocycles. The van der Waals surface area contributed by atoms with Crippen LogP contribution in [0.4, 0.5) is 4.79 Å². The molecule has 0 amide bonds. The minimum Gasteiger partial charge on any atom is -0.465 e. The van der Waals surface area contributed by atoms with Crippen LogP contribution >= 0.6 is 0 Å². The largest absolute Gasteiger partial charge is 0.516 e. The van der Waals surface area contributed by atoms with E-state index in [-0.39, 0.29) is 17.7 Å². The highest BCUT2D eigenvalue weighted by Crippen LogP contribution is 2.12. The molecule has 6 nitrogen and oxygen atoms in total. The van der Waals surface area contributed by atoms with Crippen LogP contribution < -0.4 is 0 Å². The van der Waals surface area contributed by atoms with E-state index in [2.05, 4.69) is 14.2 Å². The van der Waals surface area contributed by atoms with Crippen molar-refractivity contribution >= 4 is 18.1 Å². The van der Waals surface area contributed by atoms with E-state index in [1.807, 2.05) is 0 Å². The van der Waals surface area contributed by atoms with E-state index in [4.69, 9.17) is 0 Å². The third-order valence-electron chi connectivity index (χ3n) is 1.99. The smallest absolute Gasteiger partial charge is 0.465 e. The van der Waals surface area contributed by atoms with Gasteiger partial charge in [-0.15, -0.1) is 0 Å². The molecule has 1 aromatic rings. The summed E-state index contributed by atoms with van der Waals surface area (Å²) in [5.41, 5.74) is -0.0355. The third-order valence-corrected chi connectivity index (χ3v) is 1.99. The second-order valence-corrected chi connectivity index (χ2v) is 3.11. The Labute approximate surface area is 103 Å². The zero-order valence-electron chi connectivity index (χ0n) is 9.97. The molecule has 0 spiro atoms. The lowest BCUT2D eigenvalue weighted by atomic mass is 10.1. The number of esters is 2. The van der Waals surface area contributed by atoms with Crippen LogP contribution in [0.3, 0.4) is 0 Å². The molecule has 0 aliphatic rings. The molecule has 0 fully saturated rings. The number of ether oxygens (including phenoxy) is 3. The van der Waals surface area contributed by atoms with Crippen molar-refractivity contribution in [3.63, 3.8) is 0 Å². The fourth-order valence-corrected chi connectivity index (χ4v) is 1.23. The van der Waals surface area contributed by atoms with Crippen LogP contribution in [0, 0.1) is 0 Å². The van der Waals surface area contributed by atoms with Gasteiger partial charge in [0.25, 0.3) is 0 Å². The summed E-state index contributed by atoms with van der Waals surface area (Å²) in [4.78, 5) is 34.0. The third kappa shape index (κ3) is 3.31. The Kier molecular flexibility index (Phi) is 4.86. The van der Waals surface area contributed by atoms with Crippen LogP contribution in [0.1, 0.15) is 27.6 Å². The number of hydrogen-bond acceptors (Lipinski definition) is 6. The lowest BCUT2D eigenvalue weighted by Gasteiger charge is -2.06. The minimum absolute atomic E-state index is 0.0225. The maximum atomic E-state index is 11.6. The van der Waals surface area contributed by atoms with Gasteiger partial charge in [0, 0.05) is 0 Å². The molecule has 0 aliphatic heterocycles. The van der Waals surface area contributed by atoms with E-state index in [1.54, 1.807) is 13.0 Å². The first-order chi connectivity index (χ1) is 8.60. The van der Waals surface area contributed by atoms with Crippen molar-refractivity contribution in [3.05, 3.63) is 35.4 Å². The Morgan fingerprint density at radius 2 is 1.61 bits per heavy atom. The van der Waals surface area contributed by atoms with E-state index in [0.717, 1.165) is 0 Å². The van der Waals surface area contributed by atoms with Crippen molar-refractivity contribution in [2.24, 2.45) is 0 Å². The van der Waals surface area contributed by atoms with Crippen LogP contribution in [0.15, 0.2) is 24.3 Å². The number of methoxy groups -OCH3 is 1. The summed E-state index contributed by atoms with van der Waals surface area (Å²) in [5.74, 6) is -1.65. The van der Waals surface area contributed by atoms with Crippen molar-refractivity contribution < 1.29 is 28.6 Å². The highest BCUT2D eigenvalue weighted by molar-refractivity contribution is 6.05. The first-order valence-electron chi connectivity index (χ1n) is 5.16. The summed E-state index contributed by atoms with van der Waals surface area (Å²) in [6, 6.07) is 5.85. The van der Waals surface area contributed by atoms with Crippen molar-refractivity contribution in [1.82, 2.24) is 0 Å². The van der Waals surface area contributed by atoms with Gasteiger partial charge in [0.2, 0.25) is 0 Å². The molecule has 0 atom stereocenters. The monoisotopic (exact) mass is 252 g/mol. The second kappa shape index (κ2) is 6.39. The topological polar surface area (TPSA) is 78.9 Å². The quantitative estimate of drug-likeness (QED) is 0.602. The molecule has 0 radical (unpaired) electrons. The summed E-state index contributed by atoms with van der Waals surface area (Å²) in [7, 11) is 1.19. The summed E-state index contributed by atoms with van der Waals surface area (Å²) >= 11 is 0. The highest BCUT2D eigenvalue weighted by atomic mass is 16.7. The van der Waals surface area contributed by atoms with Crippen LogP contribution in [-0.4, -0.2) is 31.8 Å². The predicted molar refractivity (Wildman–Crippen MR) is 60.2 cm³/mol. The fraction of sp³-hybridized carbons (Fsp3) is 0.250. The molecule has 0 bridgehead atoms. The number of carbonyl (C=O) groups is 3. The van der Waals surface area contributed by atoms with Gasteiger partial charge in [-0.3, -0.25) is 0 Å². The summed E-state index contributed by atoms with van der Waals surface area (Å²) in [5, 5.41) is 0. The highest BCUT2D eigenvalue weighted by Gasteiger charge is 2.20. The van der Waals surface area contributed by atoms with Crippen LogP contribution in [0.5, 0.6) is 0 Å². The van der Waals surface area contributed by atoms with E-state index in [1.165, 1.54) is 25.3 Å². The molecule has 0 N–H and O–H groups in total. The second-order valence-electron chi connectivity index (χ2n) is 3.11. The van der Waals surface area contributed by atoms with Gasteiger partial charge in [-0.05, 0) is 19.1 Å². The van der Waals surface area contributed by atoms with Gasteiger partial charge < -0.3 is 14.2 Å². The van der Waals surface area contributed by atoms with Gasteiger partial charge in [-0.1, -0.05) is 12.1 Å². The molecule has 0 heterocycles. The average molecular weight is 252 g/mol. The lowest BCUT2D eigenvalue weighted by molar-refractivity contribution is 0.0391. The van der Waals surface area contributed by atoms with Crippen molar-refractivity contribution in [2.45, 2.75) is 6.92 Å². The Balaban J connectivity index is 2.92. The zero-order valence-corrected chi connectivity index (χ0v) is 9.97. The van der Waals surface area contributed by atoms with Crippen LogP contribution in [0.25, 0.3) is 0 Å². The molecule has 96 valence electrons. The molecule has 0 saturated heterocycles. The number of carbonyl (C=O) groups excluding carboxylic acids is 3. The fourth-order valence-electron chi connectivity index (χ4n) is 1.23. The van der Waals surface area contributed by atoms with E-state index < -0.39 is 18.1 Å². The van der Waals surface area contributed by atoms with Crippen molar-refractivity contribution in [2.75, 3.05) is 13.7 Å². The Bertz CT molecular complexity index is 465. The van der Waals surface area contributed by atoms with Gasteiger partial charge in [0.05, 0.1) is 24.8 Å². The SMILES string of the molecule is CCOC(=O)OC(=O)c1ccccc1C(=O)OC. The van der Waals surface area contributed by atoms with E-state index in [0.29, 0.717) is 0 Å². The number of benzene rings is 1. The molecule has 1 aromatic carbocycles. The minimum atomic E-state index is -1.11. The molecular weight excluding hydrogens is 240 g/mol. The van der Waals surface area contributed by atoms with Crippen molar-refractivity contribution in [3.8, 4) is 0 Å². The maximum Gasteiger partial charge on any atom is 0.516 e. The van der Waals surface area contributed by atoms with Gasteiger partial charge >= 0.3 is 18.1 Å². The molecule has 1 rings (SSSR count). The van der Waals surface area contributed by atoms with Gasteiger partial charge in [-0.2, -0.15) is 0 Å². The zero-order chi connectivity index (χ0) is 13.5. The lowest BCUT2D eigenvalue weighted by Crippen LogP contribution is -2.17. The first kappa shape index (κ1) is 13.7. The standard InChI is InChI=1S/C12H12O6/c1-3-17-12(15)18-11(14)9-7-5-4-6-8(9)10(13)16-2/h4-7H,3H2,1-2H3. The van der Waals surface area contributed by atoms with Gasteiger partial charge in [-0.25, -0.2) is 14.4 Å². The van der Waals surface area contributed by atoms with Gasteiger partial charge in [0.15, 0.2) is 0 Å². The molecule has 0 saturated carbocycles. The molecule has 0 aromatic heterocycles. The summed E-state index contributed by atoms with van der Waals surface area (Å²) in [6.07, 6.45) is -1.11. The summed E-state index contributed by atoms with van der Waals surface area (Å²) in [6.45, 7) is 1.67. The molecular formula is C12H12O6. The average Bonchev–Trinajstić information content (AvgIpc) is 2.38. The van der Waals surface area contributed by atoms with Gasteiger partial charge in [0.1, 0.15) is 0 Å². The first-order valence-corrected chi connectivity index (χ1v) is 5.16. The van der Waals surface area contributed by atoms with Crippen LogP contribution in [0.2, 0.25) is 0 Å². The predicted octanol–water partition coefficient (Wildman–Crippen LogP) is 1.79. The van der Waals surface area contributed by atoms with E-state index in [9.17, 15) is 14.4 Å². The Morgan fingerprint density at radius 3 is 2.11 bits per heavy atom. The molecule has 6 heteroatoms. The Morgan fingerprint density at radius 1 is 1.06 bits per heavy atom. The molecule has 18 heavy (non-hydrogen) atoms. The maximum absolute atomic E-state index is 11.6. The number of hydrogen-bond donors (Lipinski definition) is 0. The Hall–Kier alpha value is -2.37. The van der Waals surface area contributed by atoms with E-state index >= 15 is 0 Å². The molecule has 0 unspecified atom stereocenters.